The van der Waals surface area contributed by atoms with Crippen molar-refractivity contribution in [2.24, 2.45) is 11.8 Å². The van der Waals surface area contributed by atoms with Crippen molar-refractivity contribution in [3.63, 3.8) is 0 Å². The van der Waals surface area contributed by atoms with E-state index in [-0.39, 0.29) is 17.5 Å². The fourth-order valence-electron chi connectivity index (χ4n) is 3.70. The number of amides is 1. The first kappa shape index (κ1) is 19.7. The van der Waals surface area contributed by atoms with Crippen LogP contribution >= 0.6 is 0 Å². The molecule has 2 aromatic heterocycles. The highest BCUT2D eigenvalue weighted by molar-refractivity contribution is 5.96. The minimum absolute atomic E-state index is 0.0890. The molecule has 29 heavy (non-hydrogen) atoms. The van der Waals surface area contributed by atoms with E-state index in [0.717, 1.165) is 44.5 Å². The van der Waals surface area contributed by atoms with Crippen molar-refractivity contribution in [3.05, 3.63) is 33.8 Å². The van der Waals surface area contributed by atoms with Gasteiger partial charge in [-0.15, -0.1) is 0 Å². The van der Waals surface area contributed by atoms with Gasteiger partial charge in [0.2, 0.25) is 5.88 Å². The second-order valence-electron chi connectivity index (χ2n) is 8.40. The summed E-state index contributed by atoms with van der Waals surface area (Å²) in [7, 11) is 0. The van der Waals surface area contributed by atoms with Gasteiger partial charge in [-0.25, -0.2) is 0 Å². The van der Waals surface area contributed by atoms with Crippen molar-refractivity contribution in [2.75, 3.05) is 13.2 Å². The average molecular weight is 400 g/mol. The summed E-state index contributed by atoms with van der Waals surface area (Å²) in [5.74, 6) is -0.346. The number of fused-ring (bicyclic) bond motifs is 1. The van der Waals surface area contributed by atoms with Gasteiger partial charge in [-0.3, -0.25) is 14.2 Å². The van der Waals surface area contributed by atoms with Gasteiger partial charge in [-0.1, -0.05) is 26.0 Å². The van der Waals surface area contributed by atoms with Gasteiger partial charge in [-0.2, -0.15) is 9.61 Å². The number of aromatic hydroxyl groups is 1. The van der Waals surface area contributed by atoms with Gasteiger partial charge in [-0.05, 0) is 37.5 Å². The lowest BCUT2D eigenvalue weighted by atomic mass is 9.99. The SMILES string of the molecule is CC(C)Cn1c(=O)c(C(=O)NC2CC2)c(O)n2ncc(/C=C/C3CCOCC3)c12. The number of allylic oxidation sites excluding steroid dienone is 1. The number of aromatic nitrogens is 3. The van der Waals surface area contributed by atoms with Gasteiger partial charge >= 0.3 is 0 Å². The molecule has 2 aromatic rings. The third kappa shape index (κ3) is 4.07. The Bertz CT molecular complexity index is 994. The van der Waals surface area contributed by atoms with Crippen LogP contribution in [0.2, 0.25) is 0 Å². The molecule has 8 heteroatoms. The van der Waals surface area contributed by atoms with Gasteiger partial charge in [0.1, 0.15) is 5.65 Å². The van der Waals surface area contributed by atoms with E-state index in [1.165, 1.54) is 4.52 Å². The molecule has 0 unspecified atom stereocenters. The standard InChI is InChI=1S/C21H28N4O4/c1-13(2)12-24-19-15(4-3-14-7-9-29-10-8-14)11-22-25(19)21(28)17(20(24)27)18(26)23-16-5-6-16/h3-4,11,13-14,16,28H,5-10,12H2,1-2H3,(H,23,26)/b4-3+. The molecule has 1 saturated heterocycles. The van der Waals surface area contributed by atoms with Crippen LogP contribution in [0.15, 0.2) is 17.1 Å². The number of nitrogens with one attached hydrogen (secondary N) is 1. The predicted molar refractivity (Wildman–Crippen MR) is 109 cm³/mol. The normalized spacial score (nSPS) is 18.2. The number of rotatable bonds is 6. The predicted octanol–water partition coefficient (Wildman–Crippen LogP) is 2.19. The number of hydrogen-bond acceptors (Lipinski definition) is 5. The lowest BCUT2D eigenvalue weighted by molar-refractivity contribution is 0.0787. The Labute approximate surface area is 169 Å². The van der Waals surface area contributed by atoms with Crippen LogP contribution in [-0.2, 0) is 11.3 Å². The highest BCUT2D eigenvalue weighted by Crippen LogP contribution is 2.24. The summed E-state index contributed by atoms with van der Waals surface area (Å²) in [4.78, 5) is 25.8. The van der Waals surface area contributed by atoms with Gasteiger partial charge in [0, 0.05) is 31.4 Å². The minimum atomic E-state index is -0.538. The first-order valence-corrected chi connectivity index (χ1v) is 10.4. The summed E-state index contributed by atoms with van der Waals surface area (Å²) >= 11 is 0. The zero-order valence-electron chi connectivity index (χ0n) is 16.9. The molecule has 0 radical (unpaired) electrons. The maximum atomic E-state index is 13.2. The molecule has 0 atom stereocenters. The number of nitrogens with zero attached hydrogens (tertiary/aromatic N) is 3. The van der Waals surface area contributed by atoms with Gasteiger partial charge < -0.3 is 15.2 Å². The highest BCUT2D eigenvalue weighted by Gasteiger charge is 2.29. The molecule has 8 nitrogen and oxygen atoms in total. The van der Waals surface area contributed by atoms with E-state index in [9.17, 15) is 14.7 Å². The Morgan fingerprint density at radius 3 is 2.72 bits per heavy atom. The van der Waals surface area contributed by atoms with E-state index >= 15 is 0 Å². The molecule has 2 aliphatic rings. The molecule has 0 aromatic carbocycles. The molecule has 2 fully saturated rings. The van der Waals surface area contributed by atoms with Crippen molar-refractivity contribution >= 4 is 17.6 Å². The first-order chi connectivity index (χ1) is 14.0. The summed E-state index contributed by atoms with van der Waals surface area (Å²) in [5.41, 5.74) is 0.530. The Kier molecular flexibility index (Phi) is 5.45. The maximum Gasteiger partial charge on any atom is 0.270 e. The smallest absolute Gasteiger partial charge is 0.270 e. The second kappa shape index (κ2) is 8.02. The molecule has 1 saturated carbocycles. The van der Waals surface area contributed by atoms with Crippen molar-refractivity contribution in [1.82, 2.24) is 19.5 Å². The van der Waals surface area contributed by atoms with E-state index < -0.39 is 17.3 Å². The topological polar surface area (TPSA) is 97.9 Å². The number of ether oxygens (including phenoxy) is 1. The lowest BCUT2D eigenvalue weighted by Gasteiger charge is -2.18. The monoisotopic (exact) mass is 400 g/mol. The Morgan fingerprint density at radius 2 is 2.07 bits per heavy atom. The first-order valence-electron chi connectivity index (χ1n) is 10.4. The Balaban J connectivity index is 1.79. The second-order valence-corrected chi connectivity index (χ2v) is 8.40. The number of carbonyl (C=O) groups is 1. The van der Waals surface area contributed by atoms with Crippen LogP contribution in [0.1, 0.15) is 55.5 Å². The highest BCUT2D eigenvalue weighted by atomic mass is 16.5. The van der Waals surface area contributed by atoms with Crippen LogP contribution in [-0.4, -0.2) is 44.5 Å². The fraction of sp³-hybridized carbons (Fsp3) is 0.571. The summed E-state index contributed by atoms with van der Waals surface area (Å²) in [6.45, 7) is 5.95. The molecule has 0 spiro atoms. The molecule has 4 rings (SSSR count). The van der Waals surface area contributed by atoms with E-state index in [2.05, 4.69) is 16.5 Å². The van der Waals surface area contributed by atoms with Gasteiger partial charge in [0.15, 0.2) is 5.56 Å². The van der Waals surface area contributed by atoms with E-state index in [4.69, 9.17) is 4.74 Å². The van der Waals surface area contributed by atoms with Crippen molar-refractivity contribution in [1.29, 1.82) is 0 Å². The third-order valence-corrected chi connectivity index (χ3v) is 5.41. The van der Waals surface area contributed by atoms with Crippen LogP contribution in [0.5, 0.6) is 5.88 Å². The number of hydrogen-bond donors (Lipinski definition) is 2. The van der Waals surface area contributed by atoms with Crippen LogP contribution in [0.4, 0.5) is 0 Å². The molecule has 156 valence electrons. The van der Waals surface area contributed by atoms with Crippen molar-refractivity contribution in [3.8, 4) is 5.88 Å². The largest absolute Gasteiger partial charge is 0.492 e. The quantitative estimate of drug-likeness (QED) is 0.775. The van der Waals surface area contributed by atoms with Crippen LogP contribution < -0.4 is 10.9 Å². The summed E-state index contributed by atoms with van der Waals surface area (Å²) in [5, 5.41) is 17.8. The summed E-state index contributed by atoms with van der Waals surface area (Å²) < 4.78 is 8.26. The zero-order chi connectivity index (χ0) is 20.5. The fourth-order valence-corrected chi connectivity index (χ4v) is 3.70. The van der Waals surface area contributed by atoms with E-state index in [0.29, 0.717) is 18.1 Å². The number of carbonyl (C=O) groups excluding carboxylic acids is 1. The zero-order valence-corrected chi connectivity index (χ0v) is 16.9. The van der Waals surface area contributed by atoms with Gasteiger partial charge in [0.25, 0.3) is 11.5 Å². The molecular weight excluding hydrogens is 372 g/mol. The van der Waals surface area contributed by atoms with E-state index in [1.54, 1.807) is 10.8 Å². The molecule has 1 amide bonds. The third-order valence-electron chi connectivity index (χ3n) is 5.41. The molecular formula is C21H28N4O4. The molecule has 1 aliphatic carbocycles. The van der Waals surface area contributed by atoms with Crippen molar-refractivity contribution < 1.29 is 14.6 Å². The average Bonchev–Trinajstić information content (AvgIpc) is 3.40. The van der Waals surface area contributed by atoms with Crippen LogP contribution in [0.3, 0.4) is 0 Å². The molecule has 1 aliphatic heterocycles. The maximum absolute atomic E-state index is 13.2. The Hall–Kier alpha value is -2.61. The Morgan fingerprint density at radius 1 is 1.34 bits per heavy atom. The lowest BCUT2D eigenvalue weighted by Crippen LogP contribution is -2.36. The summed E-state index contributed by atoms with van der Waals surface area (Å²) in [6.07, 6.45) is 9.43. The minimum Gasteiger partial charge on any atom is -0.492 e. The molecule has 3 heterocycles. The van der Waals surface area contributed by atoms with Crippen LogP contribution in [0.25, 0.3) is 11.7 Å². The summed E-state index contributed by atoms with van der Waals surface area (Å²) in [6, 6.07) is 0.0890. The van der Waals surface area contributed by atoms with Crippen molar-refractivity contribution in [2.45, 2.75) is 52.1 Å². The van der Waals surface area contributed by atoms with Crippen LogP contribution in [0, 0.1) is 11.8 Å². The molecule has 0 bridgehead atoms. The molecule has 2 N–H and O–H groups in total. The van der Waals surface area contributed by atoms with E-state index in [1.807, 2.05) is 19.9 Å². The van der Waals surface area contributed by atoms with Gasteiger partial charge in [0.05, 0.1) is 6.20 Å².